The molecule has 0 saturated heterocycles. The Bertz CT molecular complexity index is 433. The highest BCUT2D eigenvalue weighted by Crippen LogP contribution is 2.29. The van der Waals surface area contributed by atoms with E-state index in [-0.39, 0.29) is 0 Å². The van der Waals surface area contributed by atoms with E-state index in [0.717, 1.165) is 5.69 Å². The monoisotopic (exact) mass is 266 g/mol. The van der Waals surface area contributed by atoms with Gasteiger partial charge < -0.3 is 14.8 Å². The highest BCUT2D eigenvalue weighted by atomic mass is 16.5. The van der Waals surface area contributed by atoms with Gasteiger partial charge in [-0.3, -0.25) is 10.4 Å². The van der Waals surface area contributed by atoms with E-state index in [4.69, 9.17) is 15.3 Å². The Kier molecular flexibility index (Phi) is 5.95. The summed E-state index contributed by atoms with van der Waals surface area (Å²) in [4.78, 5) is 4.33. The van der Waals surface area contributed by atoms with E-state index < -0.39 is 0 Å². The number of benzene rings is 1. The van der Waals surface area contributed by atoms with E-state index in [1.807, 2.05) is 18.2 Å². The summed E-state index contributed by atoms with van der Waals surface area (Å²) in [5.41, 5.74) is 3.36. The number of rotatable bonds is 5. The van der Waals surface area contributed by atoms with Gasteiger partial charge in [-0.15, -0.1) is 0 Å². The van der Waals surface area contributed by atoms with Gasteiger partial charge in [0.2, 0.25) is 5.96 Å². The third-order valence-corrected chi connectivity index (χ3v) is 2.40. The summed E-state index contributed by atoms with van der Waals surface area (Å²) in [6.45, 7) is 4.88. The van der Waals surface area contributed by atoms with Crippen LogP contribution < -0.4 is 26.1 Å². The third kappa shape index (κ3) is 4.67. The number of nitrogens with zero attached hydrogens (tertiary/aromatic N) is 1. The van der Waals surface area contributed by atoms with Gasteiger partial charge in [0, 0.05) is 18.3 Å². The van der Waals surface area contributed by atoms with Crippen LogP contribution in [0.5, 0.6) is 11.5 Å². The third-order valence-electron chi connectivity index (χ3n) is 2.40. The van der Waals surface area contributed by atoms with Gasteiger partial charge in [0.1, 0.15) is 0 Å². The lowest BCUT2D eigenvalue weighted by Crippen LogP contribution is -2.36. The molecule has 0 saturated carbocycles. The highest BCUT2D eigenvalue weighted by molar-refractivity contribution is 5.93. The molecule has 0 spiro atoms. The molecule has 0 heterocycles. The number of hydrogen-bond donors (Lipinski definition) is 3. The van der Waals surface area contributed by atoms with Crippen molar-refractivity contribution in [2.45, 2.75) is 13.8 Å². The number of nitrogens with two attached hydrogens (primary N) is 1. The second-order valence-corrected chi connectivity index (χ2v) is 4.42. The molecule has 0 bridgehead atoms. The molecule has 4 N–H and O–H groups in total. The van der Waals surface area contributed by atoms with Gasteiger partial charge in [-0.2, -0.15) is 0 Å². The molecule has 0 aliphatic heterocycles. The number of aliphatic imine (C=N–C) groups is 1. The van der Waals surface area contributed by atoms with Crippen LogP contribution in [0.15, 0.2) is 23.2 Å². The molecule has 0 aromatic heterocycles. The molecule has 1 aromatic rings. The first-order chi connectivity index (χ1) is 9.10. The standard InChI is InChI=1S/C13H22N4O2/c1-9(2)8-15-13(17-14)16-10-5-6-11(18-3)12(7-10)19-4/h5-7,9H,8,14H2,1-4H3,(H2,15,16,17). The van der Waals surface area contributed by atoms with Crippen molar-refractivity contribution < 1.29 is 9.47 Å². The van der Waals surface area contributed by atoms with Crippen LogP contribution in [0.2, 0.25) is 0 Å². The molecule has 6 heteroatoms. The molecule has 1 rings (SSSR count). The second-order valence-electron chi connectivity index (χ2n) is 4.42. The molecular weight excluding hydrogens is 244 g/mol. The van der Waals surface area contributed by atoms with Crippen molar-refractivity contribution in [3.8, 4) is 11.5 Å². The Balaban J connectivity index is 2.83. The molecule has 0 fully saturated rings. The number of ether oxygens (including phenoxy) is 2. The molecule has 1 aromatic carbocycles. The molecule has 6 nitrogen and oxygen atoms in total. The minimum absolute atomic E-state index is 0.468. The number of anilines is 1. The van der Waals surface area contributed by atoms with E-state index >= 15 is 0 Å². The molecule has 0 aliphatic rings. The van der Waals surface area contributed by atoms with Crippen LogP contribution in [0, 0.1) is 5.92 Å². The normalized spacial score (nSPS) is 11.4. The number of methoxy groups -OCH3 is 2. The Labute approximate surface area is 114 Å². The first-order valence-corrected chi connectivity index (χ1v) is 6.10. The summed E-state index contributed by atoms with van der Waals surface area (Å²) in [7, 11) is 3.19. The minimum Gasteiger partial charge on any atom is -0.493 e. The fourth-order valence-electron chi connectivity index (χ4n) is 1.45. The summed E-state index contributed by atoms with van der Waals surface area (Å²) in [5.74, 6) is 7.74. The van der Waals surface area contributed by atoms with Crippen LogP contribution in [-0.2, 0) is 0 Å². The fourth-order valence-corrected chi connectivity index (χ4v) is 1.45. The van der Waals surface area contributed by atoms with E-state index in [1.165, 1.54) is 0 Å². The zero-order chi connectivity index (χ0) is 14.3. The smallest absolute Gasteiger partial charge is 0.210 e. The van der Waals surface area contributed by atoms with E-state index in [0.29, 0.717) is 29.9 Å². The fraction of sp³-hybridized carbons (Fsp3) is 0.462. The maximum atomic E-state index is 5.43. The second kappa shape index (κ2) is 7.48. The largest absolute Gasteiger partial charge is 0.493 e. The van der Waals surface area contributed by atoms with Crippen molar-refractivity contribution in [2.75, 3.05) is 26.1 Å². The van der Waals surface area contributed by atoms with Crippen molar-refractivity contribution >= 4 is 11.6 Å². The number of hydrazine groups is 1. The van der Waals surface area contributed by atoms with E-state index in [1.54, 1.807) is 14.2 Å². The van der Waals surface area contributed by atoms with Crippen LogP contribution in [0.3, 0.4) is 0 Å². The summed E-state index contributed by atoms with van der Waals surface area (Å²) >= 11 is 0. The van der Waals surface area contributed by atoms with Crippen molar-refractivity contribution in [1.82, 2.24) is 5.43 Å². The van der Waals surface area contributed by atoms with Gasteiger partial charge in [-0.25, -0.2) is 5.84 Å². The van der Waals surface area contributed by atoms with Crippen molar-refractivity contribution in [3.63, 3.8) is 0 Å². The lowest BCUT2D eigenvalue weighted by atomic mass is 10.2. The molecule has 0 atom stereocenters. The van der Waals surface area contributed by atoms with E-state index in [2.05, 4.69) is 29.6 Å². The SMILES string of the molecule is COc1ccc(NC(=NCC(C)C)NN)cc1OC. The number of hydrogen-bond acceptors (Lipinski definition) is 4. The zero-order valence-electron chi connectivity index (χ0n) is 11.9. The van der Waals surface area contributed by atoms with Gasteiger partial charge in [-0.05, 0) is 18.1 Å². The Morgan fingerprint density at radius 1 is 1.26 bits per heavy atom. The average Bonchev–Trinajstić information content (AvgIpc) is 2.42. The van der Waals surface area contributed by atoms with Crippen molar-refractivity contribution in [1.29, 1.82) is 0 Å². The first kappa shape index (κ1) is 15.1. The quantitative estimate of drug-likeness (QED) is 0.326. The number of nitrogens with one attached hydrogen (secondary N) is 2. The minimum atomic E-state index is 0.468. The zero-order valence-corrected chi connectivity index (χ0v) is 11.9. The lowest BCUT2D eigenvalue weighted by molar-refractivity contribution is 0.355. The molecule has 0 aliphatic carbocycles. The van der Waals surface area contributed by atoms with E-state index in [9.17, 15) is 0 Å². The summed E-state index contributed by atoms with van der Waals surface area (Å²) < 4.78 is 10.4. The van der Waals surface area contributed by atoms with Crippen LogP contribution in [-0.4, -0.2) is 26.7 Å². The molecule has 19 heavy (non-hydrogen) atoms. The highest BCUT2D eigenvalue weighted by Gasteiger charge is 2.06. The predicted molar refractivity (Wildman–Crippen MR) is 77.6 cm³/mol. The first-order valence-electron chi connectivity index (χ1n) is 6.10. The van der Waals surface area contributed by atoms with Gasteiger partial charge in [-0.1, -0.05) is 13.8 Å². The van der Waals surface area contributed by atoms with Gasteiger partial charge in [0.15, 0.2) is 11.5 Å². The van der Waals surface area contributed by atoms with Crippen LogP contribution in [0.25, 0.3) is 0 Å². The van der Waals surface area contributed by atoms with Crippen LogP contribution >= 0.6 is 0 Å². The molecule has 106 valence electrons. The average molecular weight is 266 g/mol. The van der Waals surface area contributed by atoms with Crippen LogP contribution in [0.4, 0.5) is 5.69 Å². The molecular formula is C13H22N4O2. The Morgan fingerprint density at radius 3 is 2.47 bits per heavy atom. The maximum absolute atomic E-state index is 5.43. The Hall–Kier alpha value is -1.95. The maximum Gasteiger partial charge on any atom is 0.210 e. The van der Waals surface area contributed by atoms with Crippen molar-refractivity contribution in [3.05, 3.63) is 18.2 Å². The Morgan fingerprint density at radius 2 is 1.95 bits per heavy atom. The van der Waals surface area contributed by atoms with Gasteiger partial charge in [0.25, 0.3) is 0 Å². The van der Waals surface area contributed by atoms with Gasteiger partial charge >= 0.3 is 0 Å². The lowest BCUT2D eigenvalue weighted by Gasteiger charge is -2.13. The molecule has 0 amide bonds. The number of guanidine groups is 1. The topological polar surface area (TPSA) is 80.9 Å². The summed E-state index contributed by atoms with van der Waals surface area (Å²) in [6, 6.07) is 5.50. The van der Waals surface area contributed by atoms with Gasteiger partial charge in [0.05, 0.1) is 14.2 Å². The molecule has 0 radical (unpaired) electrons. The molecule has 0 unspecified atom stereocenters. The predicted octanol–water partition coefficient (Wildman–Crippen LogP) is 1.59. The van der Waals surface area contributed by atoms with Crippen LogP contribution in [0.1, 0.15) is 13.8 Å². The van der Waals surface area contributed by atoms with Crippen molar-refractivity contribution in [2.24, 2.45) is 16.8 Å². The summed E-state index contributed by atoms with van der Waals surface area (Å²) in [6.07, 6.45) is 0. The summed E-state index contributed by atoms with van der Waals surface area (Å²) in [5, 5.41) is 3.09.